The number of carboxylic acid groups (broad SMARTS) is 1. The molecule has 0 unspecified atom stereocenters. The van der Waals surface area contributed by atoms with Crippen LogP contribution in [0.2, 0.25) is 0 Å². The zero-order chi connectivity index (χ0) is 10.8. The zero-order valence-corrected chi connectivity index (χ0v) is 8.68. The van der Waals surface area contributed by atoms with Crippen molar-refractivity contribution in [3.63, 3.8) is 0 Å². The summed E-state index contributed by atoms with van der Waals surface area (Å²) in [6.07, 6.45) is 2.10. The molecular weight excluding hydrogens is 192 g/mol. The van der Waals surface area contributed by atoms with Crippen LogP contribution in [0.4, 0.5) is 5.82 Å². The van der Waals surface area contributed by atoms with E-state index < -0.39 is 5.97 Å². The highest BCUT2D eigenvalue weighted by molar-refractivity contribution is 5.67. The first-order valence-corrected chi connectivity index (χ1v) is 5.04. The molecule has 15 heavy (non-hydrogen) atoms. The molecule has 0 saturated carbocycles. The summed E-state index contributed by atoms with van der Waals surface area (Å²) in [5.41, 5.74) is 1.14. The molecule has 4 heteroatoms. The summed E-state index contributed by atoms with van der Waals surface area (Å²) >= 11 is 0. The van der Waals surface area contributed by atoms with Gasteiger partial charge in [0.05, 0.1) is 6.42 Å². The van der Waals surface area contributed by atoms with Crippen molar-refractivity contribution in [2.45, 2.75) is 13.3 Å². The summed E-state index contributed by atoms with van der Waals surface area (Å²) in [5, 5.41) is 8.61. The van der Waals surface area contributed by atoms with Crippen LogP contribution in [-0.4, -0.2) is 29.1 Å². The minimum absolute atomic E-state index is 0.266. The monoisotopic (exact) mass is 206 g/mol. The van der Waals surface area contributed by atoms with Crippen molar-refractivity contribution in [2.75, 3.05) is 18.0 Å². The van der Waals surface area contributed by atoms with Gasteiger partial charge in [-0.05, 0) is 18.6 Å². The third kappa shape index (κ3) is 2.26. The summed E-state index contributed by atoms with van der Waals surface area (Å²) in [4.78, 5) is 16.9. The fourth-order valence-corrected chi connectivity index (χ4v) is 1.78. The van der Waals surface area contributed by atoms with Crippen molar-refractivity contribution in [3.8, 4) is 0 Å². The van der Waals surface area contributed by atoms with E-state index in [1.54, 1.807) is 0 Å². The lowest BCUT2D eigenvalue weighted by Gasteiger charge is -2.39. The van der Waals surface area contributed by atoms with Gasteiger partial charge in [-0.2, -0.15) is 0 Å². The van der Waals surface area contributed by atoms with Crippen LogP contribution < -0.4 is 4.90 Å². The molecule has 0 bridgehead atoms. The Hall–Kier alpha value is -1.58. The van der Waals surface area contributed by atoms with Crippen molar-refractivity contribution in [3.05, 3.63) is 23.9 Å². The van der Waals surface area contributed by atoms with Gasteiger partial charge in [-0.15, -0.1) is 0 Å². The first-order valence-electron chi connectivity index (χ1n) is 5.04. The second-order valence-corrected chi connectivity index (χ2v) is 4.06. The lowest BCUT2D eigenvalue weighted by molar-refractivity contribution is -0.138. The summed E-state index contributed by atoms with van der Waals surface area (Å²) in [6, 6.07) is 4.00. The maximum atomic E-state index is 10.5. The number of anilines is 1. The number of nitrogens with zero attached hydrogens (tertiary/aromatic N) is 2. The van der Waals surface area contributed by atoms with E-state index in [1.807, 2.05) is 25.3 Å². The van der Waals surface area contributed by atoms with Crippen molar-refractivity contribution in [1.82, 2.24) is 4.98 Å². The Kier molecular flexibility index (Phi) is 2.58. The van der Waals surface area contributed by atoms with Crippen LogP contribution in [0, 0.1) is 12.8 Å². The maximum Gasteiger partial charge on any atom is 0.303 e. The first kappa shape index (κ1) is 9.96. The van der Waals surface area contributed by atoms with Gasteiger partial charge in [0.1, 0.15) is 5.82 Å². The molecule has 0 aliphatic carbocycles. The predicted octanol–water partition coefficient (Wildman–Crippen LogP) is 1.30. The number of carboxylic acids is 1. The molecule has 2 rings (SSSR count). The number of pyridine rings is 1. The average Bonchev–Trinajstić information content (AvgIpc) is 2.12. The Balaban J connectivity index is 1.89. The molecule has 0 atom stereocenters. The van der Waals surface area contributed by atoms with Gasteiger partial charge in [-0.25, -0.2) is 4.98 Å². The molecule has 1 aromatic heterocycles. The van der Waals surface area contributed by atoms with Gasteiger partial charge < -0.3 is 10.0 Å². The molecule has 4 nitrogen and oxygen atoms in total. The first-order chi connectivity index (χ1) is 7.15. The van der Waals surface area contributed by atoms with E-state index in [4.69, 9.17) is 5.11 Å². The third-order valence-electron chi connectivity index (χ3n) is 2.64. The highest BCUT2D eigenvalue weighted by Crippen LogP contribution is 2.24. The molecule has 1 aromatic rings. The second kappa shape index (κ2) is 3.88. The molecule has 1 fully saturated rings. The van der Waals surface area contributed by atoms with Crippen LogP contribution in [0.1, 0.15) is 12.0 Å². The van der Waals surface area contributed by atoms with Crippen LogP contribution >= 0.6 is 0 Å². The molecule has 0 radical (unpaired) electrons. The molecule has 1 N–H and O–H groups in total. The lowest BCUT2D eigenvalue weighted by atomic mass is 9.96. The Labute approximate surface area is 88.6 Å². The topological polar surface area (TPSA) is 53.4 Å². The minimum Gasteiger partial charge on any atom is -0.481 e. The number of hydrogen-bond acceptors (Lipinski definition) is 3. The van der Waals surface area contributed by atoms with Crippen LogP contribution in [-0.2, 0) is 4.79 Å². The van der Waals surface area contributed by atoms with Crippen LogP contribution in [0.25, 0.3) is 0 Å². The van der Waals surface area contributed by atoms with Gasteiger partial charge in [0, 0.05) is 25.2 Å². The lowest BCUT2D eigenvalue weighted by Crippen LogP contribution is -2.47. The van der Waals surface area contributed by atoms with Crippen molar-refractivity contribution in [1.29, 1.82) is 0 Å². The van der Waals surface area contributed by atoms with Gasteiger partial charge in [0.25, 0.3) is 0 Å². The number of aliphatic carboxylic acids is 1. The summed E-state index contributed by atoms with van der Waals surface area (Å²) < 4.78 is 0. The van der Waals surface area contributed by atoms with E-state index in [0.29, 0.717) is 0 Å². The molecule has 0 spiro atoms. The van der Waals surface area contributed by atoms with Gasteiger partial charge in [-0.3, -0.25) is 4.79 Å². The number of carbonyl (C=O) groups is 1. The molecule has 0 amide bonds. The molecule has 1 saturated heterocycles. The normalized spacial score (nSPS) is 16.2. The quantitative estimate of drug-likeness (QED) is 0.810. The highest BCUT2D eigenvalue weighted by Gasteiger charge is 2.29. The SMILES string of the molecule is Cc1ccc(N2CC(CC(=O)O)C2)nc1. The van der Waals surface area contributed by atoms with E-state index >= 15 is 0 Å². The van der Waals surface area contributed by atoms with E-state index in [0.717, 1.165) is 24.5 Å². The van der Waals surface area contributed by atoms with E-state index in [2.05, 4.69) is 9.88 Å². The zero-order valence-electron chi connectivity index (χ0n) is 8.68. The van der Waals surface area contributed by atoms with Gasteiger partial charge in [0.15, 0.2) is 0 Å². The largest absolute Gasteiger partial charge is 0.481 e. The smallest absolute Gasteiger partial charge is 0.303 e. The predicted molar refractivity (Wildman–Crippen MR) is 56.9 cm³/mol. The van der Waals surface area contributed by atoms with E-state index in [1.165, 1.54) is 0 Å². The number of aryl methyl sites for hydroxylation is 1. The van der Waals surface area contributed by atoms with Crippen LogP contribution in [0.15, 0.2) is 18.3 Å². The maximum absolute atomic E-state index is 10.5. The summed E-state index contributed by atoms with van der Waals surface area (Å²) in [7, 11) is 0. The second-order valence-electron chi connectivity index (χ2n) is 4.06. The van der Waals surface area contributed by atoms with Crippen molar-refractivity contribution in [2.24, 2.45) is 5.92 Å². The molecule has 1 aliphatic rings. The van der Waals surface area contributed by atoms with Crippen LogP contribution in [0.3, 0.4) is 0 Å². The van der Waals surface area contributed by atoms with E-state index in [-0.39, 0.29) is 12.3 Å². The number of rotatable bonds is 3. The Morgan fingerprint density at radius 2 is 2.33 bits per heavy atom. The number of hydrogen-bond donors (Lipinski definition) is 1. The third-order valence-corrected chi connectivity index (χ3v) is 2.64. The fourth-order valence-electron chi connectivity index (χ4n) is 1.78. The summed E-state index contributed by atoms with van der Waals surface area (Å²) in [6.45, 7) is 3.62. The van der Waals surface area contributed by atoms with E-state index in [9.17, 15) is 4.79 Å². The average molecular weight is 206 g/mol. The Morgan fingerprint density at radius 1 is 1.60 bits per heavy atom. The molecule has 80 valence electrons. The number of aromatic nitrogens is 1. The molecule has 2 heterocycles. The van der Waals surface area contributed by atoms with Crippen LogP contribution in [0.5, 0.6) is 0 Å². The molecule has 0 aromatic carbocycles. The molecular formula is C11H14N2O2. The van der Waals surface area contributed by atoms with Gasteiger partial charge >= 0.3 is 5.97 Å². The summed E-state index contributed by atoms with van der Waals surface area (Å²) in [5.74, 6) is 0.518. The fraction of sp³-hybridized carbons (Fsp3) is 0.455. The van der Waals surface area contributed by atoms with Gasteiger partial charge in [-0.1, -0.05) is 6.07 Å². The molecule has 1 aliphatic heterocycles. The van der Waals surface area contributed by atoms with Crippen molar-refractivity contribution >= 4 is 11.8 Å². The minimum atomic E-state index is -0.712. The van der Waals surface area contributed by atoms with Gasteiger partial charge in [0.2, 0.25) is 0 Å². The Bertz CT molecular complexity index is 355. The highest BCUT2D eigenvalue weighted by atomic mass is 16.4. The standard InChI is InChI=1S/C11H14N2O2/c1-8-2-3-10(12-5-8)13-6-9(7-13)4-11(14)15/h2-3,5,9H,4,6-7H2,1H3,(H,14,15). The Morgan fingerprint density at radius 3 is 2.87 bits per heavy atom. The van der Waals surface area contributed by atoms with Crippen molar-refractivity contribution < 1.29 is 9.90 Å².